The maximum absolute atomic E-state index is 13.7. The number of urea groups is 1. The van der Waals surface area contributed by atoms with Crippen LogP contribution in [0.25, 0.3) is 0 Å². The number of rotatable bonds is 1. The highest BCUT2D eigenvalue weighted by Crippen LogP contribution is 2.48. The number of barbiturate groups is 1. The van der Waals surface area contributed by atoms with E-state index in [-0.39, 0.29) is 12.5 Å². The zero-order valence-electron chi connectivity index (χ0n) is 15.0. The van der Waals surface area contributed by atoms with Crippen molar-refractivity contribution in [1.82, 2.24) is 5.32 Å². The van der Waals surface area contributed by atoms with Gasteiger partial charge in [-0.2, -0.15) is 0 Å². The predicted molar refractivity (Wildman–Crippen MR) is 105 cm³/mol. The third-order valence-corrected chi connectivity index (χ3v) is 6.34. The summed E-state index contributed by atoms with van der Waals surface area (Å²) in [6.45, 7) is 0.791. The summed E-state index contributed by atoms with van der Waals surface area (Å²) in [5.74, 6) is -0.964. The average molecular weight is 396 g/mol. The Hall–Kier alpha value is -2.86. The molecule has 28 heavy (non-hydrogen) atoms. The Kier molecular flexibility index (Phi) is 3.74. The van der Waals surface area contributed by atoms with Crippen molar-refractivity contribution < 1.29 is 14.4 Å². The Balaban J connectivity index is 1.65. The van der Waals surface area contributed by atoms with Crippen LogP contribution in [-0.4, -0.2) is 30.4 Å². The highest BCUT2D eigenvalue weighted by atomic mass is 35.5. The van der Waals surface area contributed by atoms with Crippen LogP contribution in [0.15, 0.2) is 48.5 Å². The summed E-state index contributed by atoms with van der Waals surface area (Å²) in [6, 6.07) is 13.4. The van der Waals surface area contributed by atoms with E-state index in [4.69, 9.17) is 11.6 Å². The summed E-state index contributed by atoms with van der Waals surface area (Å²) < 4.78 is 0. The van der Waals surface area contributed by atoms with E-state index in [9.17, 15) is 14.4 Å². The molecule has 2 aromatic carbocycles. The Morgan fingerprint density at radius 2 is 1.79 bits per heavy atom. The van der Waals surface area contributed by atoms with E-state index in [0.717, 1.165) is 35.5 Å². The van der Waals surface area contributed by atoms with Gasteiger partial charge in [-0.3, -0.25) is 14.9 Å². The topological polar surface area (TPSA) is 69.7 Å². The number of nitrogens with one attached hydrogen (secondary N) is 1. The lowest BCUT2D eigenvalue weighted by Gasteiger charge is -2.49. The van der Waals surface area contributed by atoms with Crippen LogP contribution in [0.1, 0.15) is 18.4 Å². The maximum Gasteiger partial charge on any atom is 0.335 e. The maximum atomic E-state index is 13.7. The zero-order chi connectivity index (χ0) is 19.5. The smallest absolute Gasteiger partial charge is 0.335 e. The van der Waals surface area contributed by atoms with Crippen LogP contribution in [0.3, 0.4) is 0 Å². The van der Waals surface area contributed by atoms with Gasteiger partial charge < -0.3 is 4.90 Å². The van der Waals surface area contributed by atoms with Gasteiger partial charge >= 0.3 is 6.03 Å². The number of nitrogens with zero attached hydrogens (tertiary/aromatic N) is 2. The molecule has 6 nitrogen and oxygen atoms in total. The predicted octanol–water partition coefficient (Wildman–Crippen LogP) is 3.13. The lowest BCUT2D eigenvalue weighted by molar-refractivity contribution is -0.144. The van der Waals surface area contributed by atoms with E-state index in [1.54, 1.807) is 24.3 Å². The highest BCUT2D eigenvalue weighted by Gasteiger charge is 2.62. The number of benzene rings is 2. The number of anilines is 2. The van der Waals surface area contributed by atoms with Crippen molar-refractivity contribution >= 4 is 40.8 Å². The van der Waals surface area contributed by atoms with Gasteiger partial charge in [-0.05, 0) is 55.2 Å². The number of halogens is 1. The molecular formula is C21H18ClN3O3. The molecule has 0 aromatic heterocycles. The van der Waals surface area contributed by atoms with Gasteiger partial charge in [0.1, 0.15) is 0 Å². The fraction of sp³-hybridized carbons (Fsp3) is 0.286. The molecule has 2 atom stereocenters. The summed E-state index contributed by atoms with van der Waals surface area (Å²) in [5.41, 5.74) is 1.11. The first-order valence-corrected chi connectivity index (χ1v) is 9.70. The lowest BCUT2D eigenvalue weighted by atomic mass is 9.68. The first kappa shape index (κ1) is 17.3. The van der Waals surface area contributed by atoms with Gasteiger partial charge in [0.25, 0.3) is 5.91 Å². The molecule has 5 rings (SSSR count). The fourth-order valence-corrected chi connectivity index (χ4v) is 4.98. The fourth-order valence-electron chi connectivity index (χ4n) is 4.85. The number of hydrogen-bond donors (Lipinski definition) is 1. The third-order valence-electron chi connectivity index (χ3n) is 6.09. The summed E-state index contributed by atoms with van der Waals surface area (Å²) >= 11 is 5.95. The van der Waals surface area contributed by atoms with Crippen molar-refractivity contribution in [2.45, 2.75) is 25.3 Å². The zero-order valence-corrected chi connectivity index (χ0v) is 15.8. The summed E-state index contributed by atoms with van der Waals surface area (Å²) in [4.78, 5) is 42.7. The molecule has 1 spiro atoms. The number of fused-ring (bicyclic) bond motifs is 4. The molecule has 0 radical (unpaired) electrons. The van der Waals surface area contributed by atoms with E-state index in [1.807, 2.05) is 24.3 Å². The van der Waals surface area contributed by atoms with Crippen LogP contribution in [0.2, 0.25) is 5.02 Å². The molecule has 7 heteroatoms. The molecule has 142 valence electrons. The van der Waals surface area contributed by atoms with Gasteiger partial charge in [-0.25, -0.2) is 9.69 Å². The molecule has 3 aliphatic heterocycles. The molecular weight excluding hydrogens is 378 g/mol. The monoisotopic (exact) mass is 395 g/mol. The first-order chi connectivity index (χ1) is 13.5. The van der Waals surface area contributed by atoms with Gasteiger partial charge in [-0.1, -0.05) is 29.8 Å². The largest absolute Gasteiger partial charge is 0.367 e. The van der Waals surface area contributed by atoms with Crippen molar-refractivity contribution in [2.75, 3.05) is 16.3 Å². The Bertz CT molecular complexity index is 1010. The van der Waals surface area contributed by atoms with E-state index in [1.165, 1.54) is 0 Å². The number of hydrogen-bond acceptors (Lipinski definition) is 4. The Morgan fingerprint density at radius 3 is 2.57 bits per heavy atom. The molecule has 0 bridgehead atoms. The van der Waals surface area contributed by atoms with E-state index < -0.39 is 23.3 Å². The molecule has 2 saturated heterocycles. The van der Waals surface area contributed by atoms with Gasteiger partial charge in [0.2, 0.25) is 5.91 Å². The molecule has 2 fully saturated rings. The molecule has 3 heterocycles. The van der Waals surface area contributed by atoms with E-state index in [2.05, 4.69) is 10.2 Å². The minimum Gasteiger partial charge on any atom is -0.367 e. The number of para-hydroxylation sites is 1. The second kappa shape index (κ2) is 6.07. The number of imide groups is 2. The van der Waals surface area contributed by atoms with E-state index >= 15 is 0 Å². The average Bonchev–Trinajstić information content (AvgIpc) is 3.18. The number of carbonyl (C=O) groups is 3. The van der Waals surface area contributed by atoms with Crippen LogP contribution < -0.4 is 15.1 Å². The Morgan fingerprint density at radius 1 is 1.04 bits per heavy atom. The Labute approximate surface area is 167 Å². The summed E-state index contributed by atoms with van der Waals surface area (Å²) in [5, 5.41) is 2.95. The standard InChI is InChI=1S/C21H18ClN3O3/c22-14-7-9-15(10-8-14)25-19(27)21(18(26)23-20(25)28)12-13-4-1-2-5-16(13)24-11-3-6-17(21)24/h1-2,4-5,7-10,17H,3,6,11-12H2,(H,23,26,28)/t17-,21-/m0/s1. The second-order valence-corrected chi connectivity index (χ2v) is 7.94. The first-order valence-electron chi connectivity index (χ1n) is 9.32. The lowest BCUT2D eigenvalue weighted by Crippen LogP contribution is -2.71. The van der Waals surface area contributed by atoms with Crippen molar-refractivity contribution in [3.63, 3.8) is 0 Å². The van der Waals surface area contributed by atoms with Crippen molar-refractivity contribution in [3.05, 3.63) is 59.1 Å². The second-order valence-electron chi connectivity index (χ2n) is 7.50. The van der Waals surface area contributed by atoms with Crippen molar-refractivity contribution in [2.24, 2.45) is 5.41 Å². The third kappa shape index (κ3) is 2.24. The molecule has 3 aliphatic rings. The van der Waals surface area contributed by atoms with Gasteiger partial charge in [-0.15, -0.1) is 0 Å². The molecule has 0 unspecified atom stereocenters. The van der Waals surface area contributed by atoms with Gasteiger partial charge in [0.15, 0.2) is 5.41 Å². The quantitative estimate of drug-likeness (QED) is 0.753. The molecule has 4 amide bonds. The van der Waals surface area contributed by atoms with Crippen molar-refractivity contribution in [1.29, 1.82) is 0 Å². The molecule has 0 aliphatic carbocycles. The number of carbonyl (C=O) groups excluding carboxylic acids is 3. The molecule has 2 aromatic rings. The van der Waals surface area contributed by atoms with Gasteiger partial charge in [0, 0.05) is 17.3 Å². The highest BCUT2D eigenvalue weighted by molar-refractivity contribution is 6.32. The van der Waals surface area contributed by atoms with Crippen LogP contribution in [0, 0.1) is 5.41 Å². The van der Waals surface area contributed by atoms with Crippen LogP contribution >= 0.6 is 11.6 Å². The van der Waals surface area contributed by atoms with Crippen LogP contribution in [-0.2, 0) is 16.0 Å². The summed E-state index contributed by atoms with van der Waals surface area (Å²) in [6.07, 6.45) is 1.92. The summed E-state index contributed by atoms with van der Waals surface area (Å²) in [7, 11) is 0. The van der Waals surface area contributed by atoms with Crippen LogP contribution in [0.5, 0.6) is 0 Å². The molecule has 1 N–H and O–H groups in total. The van der Waals surface area contributed by atoms with E-state index in [0.29, 0.717) is 10.7 Å². The normalized spacial score (nSPS) is 26.3. The SMILES string of the molecule is O=C1NC(=O)[C@@]2(Cc3ccccc3N3CCC[C@H]32)C(=O)N1c1ccc(Cl)cc1. The van der Waals surface area contributed by atoms with Crippen LogP contribution in [0.4, 0.5) is 16.2 Å². The van der Waals surface area contributed by atoms with Gasteiger partial charge in [0.05, 0.1) is 11.7 Å². The molecule has 0 saturated carbocycles. The minimum absolute atomic E-state index is 0.266. The van der Waals surface area contributed by atoms with Crippen molar-refractivity contribution in [3.8, 4) is 0 Å². The number of amides is 4. The minimum atomic E-state index is -1.32.